The number of hydrogen-bond donors (Lipinski definition) is 1. The number of pyridine rings is 1. The topological polar surface area (TPSA) is 93.6 Å². The van der Waals surface area contributed by atoms with Gasteiger partial charge in [0.25, 0.3) is 0 Å². The van der Waals surface area contributed by atoms with E-state index < -0.39 is 11.4 Å². The Morgan fingerprint density at radius 1 is 1.12 bits per heavy atom. The number of carbonyl (C=O) groups is 1. The van der Waals surface area contributed by atoms with Crippen LogP contribution in [0.15, 0.2) is 42.9 Å². The van der Waals surface area contributed by atoms with E-state index in [1.165, 1.54) is 12.1 Å². The highest BCUT2D eigenvalue weighted by atomic mass is 35.5. The van der Waals surface area contributed by atoms with E-state index in [0.717, 1.165) is 29.7 Å². The number of aromatic nitrogens is 5. The summed E-state index contributed by atoms with van der Waals surface area (Å²) in [4.78, 5) is 33.4. The molecule has 1 spiro atoms. The zero-order valence-corrected chi connectivity index (χ0v) is 17.6. The second-order valence-electron chi connectivity index (χ2n) is 8.26. The lowest BCUT2D eigenvalue weighted by molar-refractivity contribution is -0.0313. The number of nitrogens with zero attached hydrogens (tertiary/aromatic N) is 4. The van der Waals surface area contributed by atoms with E-state index in [9.17, 15) is 9.18 Å². The van der Waals surface area contributed by atoms with Gasteiger partial charge in [-0.1, -0.05) is 11.6 Å². The predicted molar refractivity (Wildman–Crippen MR) is 115 cm³/mol. The van der Waals surface area contributed by atoms with Gasteiger partial charge >= 0.3 is 5.97 Å². The maximum absolute atomic E-state index is 13.4. The Labute approximate surface area is 187 Å². The van der Waals surface area contributed by atoms with Gasteiger partial charge in [0, 0.05) is 29.4 Å². The van der Waals surface area contributed by atoms with Crippen molar-refractivity contribution in [3.8, 4) is 11.4 Å². The normalized spacial score (nSPS) is 22.3. The summed E-state index contributed by atoms with van der Waals surface area (Å²) in [5.74, 6) is 0.731. The number of H-pyrrole nitrogens is 1. The average Bonchev–Trinajstić information content (AvgIpc) is 3.33. The molecular weight excluding hydrogens is 433 g/mol. The van der Waals surface area contributed by atoms with E-state index >= 15 is 0 Å². The van der Waals surface area contributed by atoms with Crippen LogP contribution in [0.1, 0.15) is 53.3 Å². The number of imidazole rings is 1. The largest absolute Gasteiger partial charge is 0.450 e. The Balaban J connectivity index is 1.26. The molecule has 9 heteroatoms. The maximum atomic E-state index is 13.4. The molecule has 0 amide bonds. The van der Waals surface area contributed by atoms with Crippen LogP contribution in [-0.2, 0) is 10.3 Å². The molecule has 0 saturated heterocycles. The fraction of sp³-hybridized carbons (Fsp3) is 0.261. The molecule has 1 aliphatic heterocycles. The predicted octanol–water partition coefficient (Wildman–Crippen LogP) is 4.93. The van der Waals surface area contributed by atoms with E-state index in [1.807, 2.05) is 0 Å². The number of aromatic amines is 1. The standard InChI is InChI=1S/C23H17ClFN5O2/c24-17-9-13(25)1-2-15(17)20-27-11-18-21(30-20)29-19(28-18)12-3-6-23(7-4-12)16-10-26-8-5-14(16)22(31)32-23/h1-2,5,8-12H,3-4,6-7H2,(H,27,28,29,30)/t12-,23-. The minimum Gasteiger partial charge on any atom is -0.450 e. The van der Waals surface area contributed by atoms with E-state index in [1.54, 1.807) is 30.7 Å². The molecule has 1 saturated carbocycles. The van der Waals surface area contributed by atoms with Gasteiger partial charge in [-0.3, -0.25) is 4.98 Å². The number of halogens is 2. The molecule has 0 radical (unpaired) electrons. The van der Waals surface area contributed by atoms with Crippen molar-refractivity contribution >= 4 is 28.7 Å². The first-order valence-electron chi connectivity index (χ1n) is 10.4. The van der Waals surface area contributed by atoms with Crippen molar-refractivity contribution in [1.29, 1.82) is 0 Å². The van der Waals surface area contributed by atoms with Crippen molar-refractivity contribution in [2.24, 2.45) is 0 Å². The molecule has 1 N–H and O–H groups in total. The number of hydrogen-bond acceptors (Lipinski definition) is 6. The van der Waals surface area contributed by atoms with Gasteiger partial charge in [-0.15, -0.1) is 0 Å². The molecule has 32 heavy (non-hydrogen) atoms. The summed E-state index contributed by atoms with van der Waals surface area (Å²) in [6.45, 7) is 0. The molecule has 6 rings (SSSR count). The van der Waals surface area contributed by atoms with Crippen LogP contribution in [0.2, 0.25) is 5.02 Å². The first kappa shape index (κ1) is 19.3. The van der Waals surface area contributed by atoms with Gasteiger partial charge in [0.2, 0.25) is 0 Å². The quantitative estimate of drug-likeness (QED) is 0.436. The third-order valence-corrected chi connectivity index (χ3v) is 6.74. The highest BCUT2D eigenvalue weighted by Gasteiger charge is 2.48. The number of carbonyl (C=O) groups excluding carboxylic acids is 1. The van der Waals surface area contributed by atoms with Crippen molar-refractivity contribution < 1.29 is 13.9 Å². The SMILES string of the molecule is O=C1O[C@]2(CC[C@H](c3nc4nc(-c5ccc(F)cc5Cl)ncc4[nH]3)CC2)c2cnccc21. The molecular formula is C23H17ClFN5O2. The molecule has 0 atom stereocenters. The van der Waals surface area contributed by atoms with Crippen LogP contribution in [-0.4, -0.2) is 30.9 Å². The number of fused-ring (bicyclic) bond motifs is 3. The molecule has 4 heterocycles. The van der Waals surface area contributed by atoms with Crippen LogP contribution in [0.3, 0.4) is 0 Å². The molecule has 3 aromatic heterocycles. The smallest absolute Gasteiger partial charge is 0.339 e. The number of rotatable bonds is 2. The van der Waals surface area contributed by atoms with Gasteiger partial charge in [-0.2, -0.15) is 0 Å². The molecule has 160 valence electrons. The van der Waals surface area contributed by atoms with Crippen LogP contribution < -0.4 is 0 Å². The molecule has 4 aromatic rings. The first-order valence-corrected chi connectivity index (χ1v) is 10.8. The van der Waals surface area contributed by atoms with Gasteiger partial charge in [-0.25, -0.2) is 24.1 Å². The number of esters is 1. The van der Waals surface area contributed by atoms with Crippen LogP contribution >= 0.6 is 11.6 Å². The second-order valence-corrected chi connectivity index (χ2v) is 8.66. The van der Waals surface area contributed by atoms with Gasteiger partial charge < -0.3 is 9.72 Å². The van der Waals surface area contributed by atoms with Gasteiger partial charge in [0.1, 0.15) is 22.8 Å². The van der Waals surface area contributed by atoms with Crippen LogP contribution in [0.25, 0.3) is 22.6 Å². The Morgan fingerprint density at radius 2 is 1.97 bits per heavy atom. The van der Waals surface area contributed by atoms with E-state index in [0.29, 0.717) is 35.4 Å². The fourth-order valence-electron chi connectivity index (χ4n) is 4.77. The Morgan fingerprint density at radius 3 is 2.78 bits per heavy atom. The summed E-state index contributed by atoms with van der Waals surface area (Å²) >= 11 is 6.16. The fourth-order valence-corrected chi connectivity index (χ4v) is 5.02. The number of ether oxygens (including phenoxy) is 1. The van der Waals surface area contributed by atoms with Crippen molar-refractivity contribution in [3.63, 3.8) is 0 Å². The highest BCUT2D eigenvalue weighted by Crippen LogP contribution is 2.49. The summed E-state index contributed by atoms with van der Waals surface area (Å²) in [6.07, 6.45) is 8.07. The van der Waals surface area contributed by atoms with Crippen molar-refractivity contribution in [2.75, 3.05) is 0 Å². The summed E-state index contributed by atoms with van der Waals surface area (Å²) in [6, 6.07) is 5.85. The molecule has 1 aliphatic carbocycles. The molecule has 7 nitrogen and oxygen atoms in total. The third-order valence-electron chi connectivity index (χ3n) is 6.43. The van der Waals surface area contributed by atoms with Crippen LogP contribution in [0, 0.1) is 5.82 Å². The minimum atomic E-state index is -0.588. The monoisotopic (exact) mass is 449 g/mol. The third kappa shape index (κ3) is 2.97. The average molecular weight is 450 g/mol. The van der Waals surface area contributed by atoms with Crippen LogP contribution in [0.5, 0.6) is 0 Å². The van der Waals surface area contributed by atoms with Crippen LogP contribution in [0.4, 0.5) is 4.39 Å². The Hall–Kier alpha value is -3.39. The molecule has 1 aromatic carbocycles. The minimum absolute atomic E-state index is 0.187. The van der Waals surface area contributed by atoms with E-state index in [4.69, 9.17) is 21.3 Å². The zero-order chi connectivity index (χ0) is 21.9. The maximum Gasteiger partial charge on any atom is 0.339 e. The number of nitrogens with one attached hydrogen (secondary N) is 1. The zero-order valence-electron chi connectivity index (χ0n) is 16.8. The first-order chi connectivity index (χ1) is 15.5. The van der Waals surface area contributed by atoms with Gasteiger partial charge in [0.15, 0.2) is 11.5 Å². The Kier molecular flexibility index (Phi) is 4.26. The van der Waals surface area contributed by atoms with Gasteiger partial charge in [0.05, 0.1) is 16.8 Å². The molecule has 0 bridgehead atoms. The lowest BCUT2D eigenvalue weighted by Gasteiger charge is -2.35. The summed E-state index contributed by atoms with van der Waals surface area (Å²) in [5, 5.41) is 0.249. The lowest BCUT2D eigenvalue weighted by Crippen LogP contribution is -2.31. The molecule has 1 fully saturated rings. The van der Waals surface area contributed by atoms with Gasteiger partial charge in [-0.05, 0) is 49.9 Å². The summed E-state index contributed by atoms with van der Waals surface area (Å²) in [7, 11) is 0. The molecule has 0 unspecified atom stereocenters. The van der Waals surface area contributed by atoms with E-state index in [2.05, 4.69) is 19.9 Å². The van der Waals surface area contributed by atoms with E-state index in [-0.39, 0.29) is 16.9 Å². The number of benzene rings is 1. The Bertz CT molecular complexity index is 1380. The summed E-state index contributed by atoms with van der Waals surface area (Å²) in [5.41, 5.74) is 2.73. The second kappa shape index (κ2) is 7.06. The highest BCUT2D eigenvalue weighted by molar-refractivity contribution is 6.33. The molecule has 2 aliphatic rings. The van der Waals surface area contributed by atoms with Crippen molar-refractivity contribution in [2.45, 2.75) is 37.2 Å². The van der Waals surface area contributed by atoms with Crippen molar-refractivity contribution in [3.05, 3.63) is 70.6 Å². The lowest BCUT2D eigenvalue weighted by atomic mass is 9.75. The van der Waals surface area contributed by atoms with Crippen molar-refractivity contribution in [1.82, 2.24) is 24.9 Å². The summed E-state index contributed by atoms with van der Waals surface area (Å²) < 4.78 is 19.2.